The molecule has 128 valence electrons. The van der Waals surface area contributed by atoms with E-state index in [0.717, 1.165) is 18.9 Å². The first-order valence-corrected chi connectivity index (χ1v) is 7.15. The van der Waals surface area contributed by atoms with Crippen molar-refractivity contribution in [3.05, 3.63) is 29.6 Å². The summed E-state index contributed by atoms with van der Waals surface area (Å²) in [6.45, 7) is 2.20. The molecule has 5 nitrogen and oxygen atoms in total. The molecule has 0 saturated heterocycles. The number of benzene rings is 1. The molecule has 8 heteroatoms. The van der Waals surface area contributed by atoms with Crippen molar-refractivity contribution in [3.63, 3.8) is 0 Å². The van der Waals surface area contributed by atoms with E-state index in [4.69, 9.17) is 4.74 Å². The Morgan fingerprint density at radius 3 is 2.48 bits per heavy atom. The van der Waals surface area contributed by atoms with E-state index in [1.54, 1.807) is 0 Å². The molecule has 0 bridgehead atoms. The first-order valence-electron chi connectivity index (χ1n) is 7.15. The van der Waals surface area contributed by atoms with Crippen LogP contribution in [0.3, 0.4) is 0 Å². The van der Waals surface area contributed by atoms with Gasteiger partial charge in [-0.3, -0.25) is 9.59 Å². The van der Waals surface area contributed by atoms with E-state index in [1.807, 2.05) is 12.2 Å². The number of carbonyl (C=O) groups excluding carboxylic acids is 2. The van der Waals surface area contributed by atoms with Gasteiger partial charge in [-0.25, -0.2) is 13.2 Å². The van der Waals surface area contributed by atoms with Gasteiger partial charge in [0.05, 0.1) is 18.3 Å². The van der Waals surface area contributed by atoms with Crippen LogP contribution >= 0.6 is 0 Å². The number of unbranched alkanes of at least 4 members (excludes halogenated alkanes) is 1. The Morgan fingerprint density at radius 1 is 1.17 bits per heavy atom. The number of methoxy groups -OCH3 is 1. The van der Waals surface area contributed by atoms with Crippen LogP contribution < -0.4 is 10.6 Å². The predicted octanol–water partition coefficient (Wildman–Crippen LogP) is 2.36. The Morgan fingerprint density at radius 2 is 1.87 bits per heavy atom. The molecule has 0 aliphatic carbocycles. The summed E-state index contributed by atoms with van der Waals surface area (Å²) in [6.07, 6.45) is 2.35. The molecule has 0 saturated carbocycles. The number of hydrogen-bond acceptors (Lipinski definition) is 3. The Balaban J connectivity index is 2.69. The average Bonchev–Trinajstić information content (AvgIpc) is 2.53. The topological polar surface area (TPSA) is 67.4 Å². The molecule has 0 spiro atoms. The average molecular weight is 332 g/mol. The first kappa shape index (κ1) is 19.0. The molecule has 1 rings (SSSR count). The summed E-state index contributed by atoms with van der Waals surface area (Å²) in [7, 11) is 1.46. The quantitative estimate of drug-likeness (QED) is 0.595. The van der Waals surface area contributed by atoms with Gasteiger partial charge in [-0.1, -0.05) is 19.8 Å². The number of amides is 2. The maximum Gasteiger partial charge on any atom is 0.313 e. The van der Waals surface area contributed by atoms with Crippen molar-refractivity contribution in [1.82, 2.24) is 5.32 Å². The van der Waals surface area contributed by atoms with E-state index < -0.39 is 35.0 Å². The van der Waals surface area contributed by atoms with Crippen LogP contribution in [0, 0.1) is 17.5 Å². The third-order valence-electron chi connectivity index (χ3n) is 3.10. The van der Waals surface area contributed by atoms with Crippen LogP contribution in [0.1, 0.15) is 26.2 Å². The third kappa shape index (κ3) is 5.55. The van der Waals surface area contributed by atoms with Gasteiger partial charge in [0.15, 0.2) is 17.5 Å². The van der Waals surface area contributed by atoms with E-state index in [1.165, 1.54) is 7.11 Å². The van der Waals surface area contributed by atoms with Crippen LogP contribution in [0.2, 0.25) is 0 Å². The summed E-state index contributed by atoms with van der Waals surface area (Å²) in [6, 6.07) is 1.12. The maximum atomic E-state index is 13.5. The Labute approximate surface area is 132 Å². The molecule has 0 aliphatic rings. The molecule has 2 N–H and O–H groups in total. The number of carbonyl (C=O) groups is 2. The lowest BCUT2D eigenvalue weighted by Gasteiger charge is -2.17. The van der Waals surface area contributed by atoms with E-state index in [0.29, 0.717) is 12.5 Å². The summed E-state index contributed by atoms with van der Waals surface area (Å²) in [5.41, 5.74) is -0.610. The van der Waals surface area contributed by atoms with E-state index in [9.17, 15) is 22.8 Å². The van der Waals surface area contributed by atoms with Gasteiger partial charge >= 0.3 is 11.8 Å². The van der Waals surface area contributed by atoms with Gasteiger partial charge < -0.3 is 15.4 Å². The molecule has 0 radical (unpaired) electrons. The van der Waals surface area contributed by atoms with Gasteiger partial charge in [-0.2, -0.15) is 0 Å². The summed E-state index contributed by atoms with van der Waals surface area (Å²) in [4.78, 5) is 23.5. The van der Waals surface area contributed by atoms with Crippen molar-refractivity contribution in [2.45, 2.75) is 32.2 Å². The number of rotatable bonds is 7. The van der Waals surface area contributed by atoms with Crippen molar-refractivity contribution in [1.29, 1.82) is 0 Å². The standard InChI is InChI=1S/C15H19F3N2O3/c1-3-4-5-9(8-23-2)19-14(21)15(22)20-11-7-6-10(16)12(17)13(11)18/h6-7,9H,3-5,8H2,1-2H3,(H,19,21)(H,20,22)/t9-/m0/s1. The van der Waals surface area contributed by atoms with Crippen LogP contribution in [0.15, 0.2) is 12.1 Å². The van der Waals surface area contributed by atoms with Gasteiger partial charge in [0.2, 0.25) is 0 Å². The van der Waals surface area contributed by atoms with Crippen LogP contribution in [0.25, 0.3) is 0 Å². The lowest BCUT2D eigenvalue weighted by Crippen LogP contribution is -2.44. The number of hydrogen-bond donors (Lipinski definition) is 2. The molecule has 0 aromatic heterocycles. The highest BCUT2D eigenvalue weighted by Crippen LogP contribution is 2.19. The number of ether oxygens (including phenoxy) is 1. The second-order valence-corrected chi connectivity index (χ2v) is 4.94. The smallest absolute Gasteiger partial charge is 0.313 e. The Hall–Kier alpha value is -2.09. The van der Waals surface area contributed by atoms with Gasteiger partial charge in [-0.15, -0.1) is 0 Å². The normalized spacial score (nSPS) is 11.9. The second kappa shape index (κ2) is 9.14. The molecule has 0 heterocycles. The van der Waals surface area contributed by atoms with Crippen molar-refractivity contribution in [2.24, 2.45) is 0 Å². The summed E-state index contributed by atoms with van der Waals surface area (Å²) >= 11 is 0. The van der Waals surface area contributed by atoms with E-state index in [-0.39, 0.29) is 12.6 Å². The first-order chi connectivity index (χ1) is 10.9. The summed E-state index contributed by atoms with van der Waals surface area (Å²) in [5, 5.41) is 4.36. The SMILES string of the molecule is CCCC[C@@H](COC)NC(=O)C(=O)Nc1ccc(F)c(F)c1F. The number of nitrogens with one attached hydrogen (secondary N) is 2. The highest BCUT2D eigenvalue weighted by Gasteiger charge is 2.21. The second-order valence-electron chi connectivity index (χ2n) is 4.94. The van der Waals surface area contributed by atoms with Crippen molar-refractivity contribution in [3.8, 4) is 0 Å². The predicted molar refractivity (Wildman–Crippen MR) is 78.3 cm³/mol. The highest BCUT2D eigenvalue weighted by atomic mass is 19.2. The van der Waals surface area contributed by atoms with Crippen LogP contribution in [-0.2, 0) is 14.3 Å². The molecular weight excluding hydrogens is 313 g/mol. The summed E-state index contributed by atoms with van der Waals surface area (Å²) < 4.78 is 44.3. The maximum absolute atomic E-state index is 13.5. The largest absolute Gasteiger partial charge is 0.383 e. The molecular formula is C15H19F3N2O3. The highest BCUT2D eigenvalue weighted by molar-refractivity contribution is 6.39. The lowest BCUT2D eigenvalue weighted by molar-refractivity contribution is -0.136. The van der Waals surface area contributed by atoms with Gasteiger partial charge in [-0.05, 0) is 18.6 Å². The fraction of sp³-hybridized carbons (Fsp3) is 0.467. The number of halogens is 3. The van der Waals surface area contributed by atoms with Crippen molar-refractivity contribution >= 4 is 17.5 Å². The minimum atomic E-state index is -1.72. The van der Waals surface area contributed by atoms with E-state index >= 15 is 0 Å². The molecule has 1 aromatic carbocycles. The zero-order valence-corrected chi connectivity index (χ0v) is 12.9. The monoisotopic (exact) mass is 332 g/mol. The molecule has 0 fully saturated rings. The van der Waals surface area contributed by atoms with Crippen LogP contribution in [-0.4, -0.2) is 31.6 Å². The van der Waals surface area contributed by atoms with Gasteiger partial charge in [0, 0.05) is 7.11 Å². The van der Waals surface area contributed by atoms with Crippen molar-refractivity contribution < 1.29 is 27.5 Å². The van der Waals surface area contributed by atoms with Crippen LogP contribution in [0.4, 0.5) is 18.9 Å². The lowest BCUT2D eigenvalue weighted by atomic mass is 10.1. The molecule has 0 unspecified atom stereocenters. The van der Waals surface area contributed by atoms with Gasteiger partial charge in [0.25, 0.3) is 0 Å². The van der Waals surface area contributed by atoms with E-state index in [2.05, 4.69) is 5.32 Å². The zero-order chi connectivity index (χ0) is 17.4. The molecule has 0 aliphatic heterocycles. The van der Waals surface area contributed by atoms with Gasteiger partial charge in [0.1, 0.15) is 0 Å². The fourth-order valence-electron chi connectivity index (χ4n) is 1.90. The Bertz CT molecular complexity index is 567. The number of anilines is 1. The third-order valence-corrected chi connectivity index (χ3v) is 3.10. The zero-order valence-electron chi connectivity index (χ0n) is 12.9. The Kier molecular flexibility index (Phi) is 7.53. The van der Waals surface area contributed by atoms with Crippen molar-refractivity contribution in [2.75, 3.05) is 19.0 Å². The molecule has 1 aromatic rings. The minimum Gasteiger partial charge on any atom is -0.383 e. The molecule has 23 heavy (non-hydrogen) atoms. The summed E-state index contributed by atoms with van der Waals surface area (Å²) in [5.74, 6) is -6.85. The molecule has 2 amide bonds. The molecule has 1 atom stereocenters. The van der Waals surface area contributed by atoms with Crippen LogP contribution in [0.5, 0.6) is 0 Å². The fourth-order valence-corrected chi connectivity index (χ4v) is 1.90. The minimum absolute atomic E-state index is 0.221.